The van der Waals surface area contributed by atoms with E-state index in [-0.39, 0.29) is 24.6 Å². The minimum Gasteiger partial charge on any atom is -0.508 e. The van der Waals surface area contributed by atoms with Gasteiger partial charge in [-0.3, -0.25) is 14.4 Å². The quantitative estimate of drug-likeness (QED) is 0.404. The first-order valence-corrected chi connectivity index (χ1v) is 11.1. The Balaban J connectivity index is 1.61. The van der Waals surface area contributed by atoms with Crippen molar-refractivity contribution in [3.05, 3.63) is 64.2 Å². The third-order valence-corrected chi connectivity index (χ3v) is 6.12. The fraction of sp³-hybridized carbons (Fsp3) is 0.400. The Kier molecular flexibility index (Phi) is 7.38. The van der Waals surface area contributed by atoms with Crippen molar-refractivity contribution < 1.29 is 19.5 Å². The molecule has 6 N–H and O–H groups in total. The van der Waals surface area contributed by atoms with Crippen LogP contribution in [0.4, 0.5) is 0 Å². The molecule has 2 aromatic carbocycles. The SMILES string of the molecule is CCNC(=O)C1(NC(=O)CNC(=O)[C@@H](N)Cc2c(C)cc(O)cc2C)Cc2ccccc2C1. The molecule has 0 saturated heterocycles. The van der Waals surface area contributed by atoms with Crippen LogP contribution < -0.4 is 21.7 Å². The molecule has 0 spiro atoms. The molecule has 2 aromatic rings. The summed E-state index contributed by atoms with van der Waals surface area (Å²) in [6, 6.07) is 10.1. The van der Waals surface area contributed by atoms with Gasteiger partial charge in [-0.15, -0.1) is 0 Å². The Bertz CT molecular complexity index is 1020. The van der Waals surface area contributed by atoms with Crippen molar-refractivity contribution in [3.63, 3.8) is 0 Å². The lowest BCUT2D eigenvalue weighted by Crippen LogP contribution is -2.61. The zero-order valence-electron chi connectivity index (χ0n) is 19.3. The molecule has 0 radical (unpaired) electrons. The van der Waals surface area contributed by atoms with E-state index in [1.807, 2.05) is 45.0 Å². The summed E-state index contributed by atoms with van der Waals surface area (Å²) < 4.78 is 0. The highest BCUT2D eigenvalue weighted by Gasteiger charge is 2.44. The van der Waals surface area contributed by atoms with Crippen LogP contribution in [0.2, 0.25) is 0 Å². The number of rotatable bonds is 8. The average Bonchev–Trinajstić information content (AvgIpc) is 3.13. The van der Waals surface area contributed by atoms with Gasteiger partial charge in [0.05, 0.1) is 12.6 Å². The summed E-state index contributed by atoms with van der Waals surface area (Å²) >= 11 is 0. The number of nitrogens with one attached hydrogen (secondary N) is 3. The maximum Gasteiger partial charge on any atom is 0.246 e. The second-order valence-corrected chi connectivity index (χ2v) is 8.70. The van der Waals surface area contributed by atoms with E-state index in [0.717, 1.165) is 27.8 Å². The molecule has 8 heteroatoms. The van der Waals surface area contributed by atoms with Crippen LogP contribution in [0.3, 0.4) is 0 Å². The maximum atomic E-state index is 12.9. The number of aryl methyl sites for hydroxylation is 2. The largest absolute Gasteiger partial charge is 0.508 e. The topological polar surface area (TPSA) is 134 Å². The first-order valence-electron chi connectivity index (χ1n) is 11.1. The zero-order chi connectivity index (χ0) is 24.2. The van der Waals surface area contributed by atoms with Gasteiger partial charge in [0.2, 0.25) is 17.7 Å². The van der Waals surface area contributed by atoms with Crippen molar-refractivity contribution in [1.82, 2.24) is 16.0 Å². The summed E-state index contributed by atoms with van der Waals surface area (Å²) in [4.78, 5) is 38.1. The number of phenolic OH excluding ortho intramolecular Hbond substituents is 1. The monoisotopic (exact) mass is 452 g/mol. The molecule has 3 rings (SSSR count). The lowest BCUT2D eigenvalue weighted by atomic mass is 9.94. The van der Waals surface area contributed by atoms with E-state index >= 15 is 0 Å². The highest BCUT2D eigenvalue weighted by atomic mass is 16.3. The number of nitrogens with two attached hydrogens (primary N) is 1. The molecule has 0 fully saturated rings. The first kappa shape index (κ1) is 24.3. The van der Waals surface area contributed by atoms with Gasteiger partial charge in [-0.25, -0.2) is 0 Å². The number of hydrogen-bond acceptors (Lipinski definition) is 5. The highest BCUT2D eigenvalue weighted by molar-refractivity contribution is 5.94. The van der Waals surface area contributed by atoms with Gasteiger partial charge in [0.1, 0.15) is 11.3 Å². The predicted molar refractivity (Wildman–Crippen MR) is 126 cm³/mol. The molecule has 3 amide bonds. The molecule has 176 valence electrons. The van der Waals surface area contributed by atoms with E-state index in [4.69, 9.17) is 5.73 Å². The number of benzene rings is 2. The van der Waals surface area contributed by atoms with Crippen molar-refractivity contribution in [2.75, 3.05) is 13.1 Å². The molecule has 1 aliphatic carbocycles. The molecule has 0 saturated carbocycles. The third kappa shape index (κ3) is 5.51. The van der Waals surface area contributed by atoms with Gasteiger partial charge in [0, 0.05) is 19.4 Å². The van der Waals surface area contributed by atoms with Crippen LogP contribution in [0.1, 0.15) is 34.7 Å². The van der Waals surface area contributed by atoms with E-state index in [2.05, 4.69) is 16.0 Å². The molecule has 0 unspecified atom stereocenters. The van der Waals surface area contributed by atoms with Gasteiger partial charge in [-0.1, -0.05) is 24.3 Å². The van der Waals surface area contributed by atoms with Crippen LogP contribution in [0.15, 0.2) is 36.4 Å². The van der Waals surface area contributed by atoms with Gasteiger partial charge < -0.3 is 26.8 Å². The summed E-state index contributed by atoms with van der Waals surface area (Å²) in [7, 11) is 0. The molecular formula is C25H32N4O4. The van der Waals surface area contributed by atoms with Gasteiger partial charge >= 0.3 is 0 Å². The van der Waals surface area contributed by atoms with Crippen LogP contribution in [0, 0.1) is 13.8 Å². The van der Waals surface area contributed by atoms with Crippen molar-refractivity contribution >= 4 is 17.7 Å². The van der Waals surface area contributed by atoms with Crippen LogP contribution in [0.5, 0.6) is 5.75 Å². The summed E-state index contributed by atoms with van der Waals surface area (Å²) in [6.07, 6.45) is 1.07. The minimum absolute atomic E-state index is 0.165. The third-order valence-electron chi connectivity index (χ3n) is 6.12. The molecule has 0 heterocycles. The minimum atomic E-state index is -1.08. The van der Waals surface area contributed by atoms with Crippen LogP contribution in [-0.2, 0) is 33.6 Å². The van der Waals surface area contributed by atoms with E-state index in [1.165, 1.54) is 0 Å². The number of hydrogen-bond donors (Lipinski definition) is 5. The van der Waals surface area contributed by atoms with Gasteiger partial charge in [-0.2, -0.15) is 0 Å². The Labute approximate surface area is 193 Å². The molecule has 33 heavy (non-hydrogen) atoms. The Morgan fingerprint density at radius 1 is 1.06 bits per heavy atom. The van der Waals surface area contributed by atoms with E-state index in [0.29, 0.717) is 19.4 Å². The molecule has 1 aliphatic rings. The first-order chi connectivity index (χ1) is 15.6. The summed E-state index contributed by atoms with van der Waals surface area (Å²) in [6.45, 7) is 5.70. The number of amides is 3. The number of carbonyl (C=O) groups is 3. The molecule has 0 bridgehead atoms. The van der Waals surface area contributed by atoms with Gasteiger partial charge in [0.15, 0.2) is 0 Å². The molecular weight excluding hydrogens is 420 g/mol. The van der Waals surface area contributed by atoms with Crippen molar-refractivity contribution in [1.29, 1.82) is 0 Å². The van der Waals surface area contributed by atoms with Crippen molar-refractivity contribution in [3.8, 4) is 5.75 Å². The maximum absolute atomic E-state index is 12.9. The van der Waals surface area contributed by atoms with Crippen LogP contribution >= 0.6 is 0 Å². The number of phenols is 1. The molecule has 0 aliphatic heterocycles. The second-order valence-electron chi connectivity index (χ2n) is 8.70. The molecule has 0 aromatic heterocycles. The predicted octanol–water partition coefficient (Wildman–Crippen LogP) is 0.785. The van der Waals surface area contributed by atoms with Crippen molar-refractivity contribution in [2.45, 2.75) is 51.6 Å². The number of likely N-dealkylation sites (N-methyl/N-ethyl adjacent to an activating group) is 1. The average molecular weight is 453 g/mol. The number of fused-ring (bicyclic) bond motifs is 1. The lowest BCUT2D eigenvalue weighted by molar-refractivity contribution is -0.133. The second kappa shape index (κ2) is 10.0. The zero-order valence-corrected chi connectivity index (χ0v) is 19.3. The normalized spacial score (nSPS) is 14.8. The van der Waals surface area contributed by atoms with Crippen molar-refractivity contribution in [2.24, 2.45) is 5.73 Å². The highest BCUT2D eigenvalue weighted by Crippen LogP contribution is 2.30. The molecule has 8 nitrogen and oxygen atoms in total. The lowest BCUT2D eigenvalue weighted by Gasteiger charge is -2.29. The summed E-state index contributed by atoms with van der Waals surface area (Å²) in [5.74, 6) is -0.986. The Hall–Kier alpha value is -3.39. The van der Waals surface area contributed by atoms with E-state index in [9.17, 15) is 19.5 Å². The van der Waals surface area contributed by atoms with Crippen LogP contribution in [0.25, 0.3) is 0 Å². The number of carbonyl (C=O) groups excluding carboxylic acids is 3. The smallest absolute Gasteiger partial charge is 0.246 e. The van der Waals surface area contributed by atoms with Gasteiger partial charge in [0.25, 0.3) is 0 Å². The summed E-state index contributed by atoms with van der Waals surface area (Å²) in [5, 5.41) is 17.9. The van der Waals surface area contributed by atoms with Crippen LogP contribution in [-0.4, -0.2) is 47.5 Å². The summed E-state index contributed by atoms with van der Waals surface area (Å²) in [5.41, 5.74) is 9.62. The Morgan fingerprint density at radius 2 is 1.64 bits per heavy atom. The standard InChI is InChI=1S/C25H32N4O4/c1-4-27-24(33)25(12-17-7-5-6-8-18(17)13-25)29-22(31)14-28-23(32)21(26)11-20-15(2)9-19(30)10-16(20)3/h5-10,21,30H,4,11-14,26H2,1-3H3,(H,27,33)(H,28,32)(H,29,31)/t21-/m0/s1. The fourth-order valence-electron chi connectivity index (χ4n) is 4.47. The molecule has 1 atom stereocenters. The Morgan fingerprint density at radius 3 is 2.18 bits per heavy atom. The van der Waals surface area contributed by atoms with Gasteiger partial charge in [-0.05, 0) is 67.1 Å². The van der Waals surface area contributed by atoms with E-state index < -0.39 is 23.4 Å². The number of aromatic hydroxyl groups is 1. The fourth-order valence-corrected chi connectivity index (χ4v) is 4.47. The van der Waals surface area contributed by atoms with E-state index in [1.54, 1.807) is 12.1 Å².